The number of nitrogens with zero attached hydrogens (tertiary/aromatic N) is 2. The maximum Gasteiger partial charge on any atom is 0.323 e. The van der Waals surface area contributed by atoms with Crippen molar-refractivity contribution in [3.63, 3.8) is 0 Å². The molecule has 108 valence electrons. The monoisotopic (exact) mass is 284 g/mol. The van der Waals surface area contributed by atoms with Gasteiger partial charge in [-0.1, -0.05) is 24.3 Å². The molecule has 1 aromatic carbocycles. The molecule has 0 fully saturated rings. The van der Waals surface area contributed by atoms with Gasteiger partial charge in [0, 0.05) is 19.3 Å². The largest absolute Gasteiger partial charge is 0.480 e. The van der Waals surface area contributed by atoms with Crippen LogP contribution >= 0.6 is 0 Å². The van der Waals surface area contributed by atoms with Gasteiger partial charge in [-0.15, -0.1) is 0 Å². The number of fused-ring (bicyclic) bond motifs is 1. The quantitative estimate of drug-likeness (QED) is 0.934. The predicted molar refractivity (Wildman–Crippen MR) is 77.0 cm³/mol. The molecular weight excluding hydrogens is 268 g/mol. The average Bonchev–Trinajstić information content (AvgIpc) is 2.93. The van der Waals surface area contributed by atoms with Crippen LogP contribution in [0.4, 0.5) is 0 Å². The number of aliphatic carboxylic acids is 1. The van der Waals surface area contributed by atoms with Gasteiger partial charge in [0.1, 0.15) is 12.2 Å². The van der Waals surface area contributed by atoms with E-state index in [9.17, 15) is 9.59 Å². The van der Waals surface area contributed by atoms with E-state index in [4.69, 9.17) is 5.11 Å². The van der Waals surface area contributed by atoms with E-state index in [1.165, 1.54) is 10.1 Å². The molecule has 2 aromatic rings. The molecular formula is C16H16N2O3. The Kier molecular flexibility index (Phi) is 3.48. The standard InChI is InChI=1S/C16H16N2O3/c19-15(20)11-17-8-3-6-14(17)16(21)18-9-7-12-4-1-2-5-13(12)10-18/h1-6,8H,7,9-11H2,(H,19,20). The average molecular weight is 284 g/mol. The highest BCUT2D eigenvalue weighted by molar-refractivity contribution is 5.93. The molecule has 0 saturated heterocycles. The first-order valence-corrected chi connectivity index (χ1v) is 6.88. The Morgan fingerprint density at radius 1 is 1.10 bits per heavy atom. The Morgan fingerprint density at radius 2 is 1.86 bits per heavy atom. The number of aromatic nitrogens is 1. The van der Waals surface area contributed by atoms with Crippen molar-refractivity contribution in [2.75, 3.05) is 6.54 Å². The molecule has 1 amide bonds. The zero-order chi connectivity index (χ0) is 14.8. The molecule has 0 unspecified atom stereocenters. The minimum absolute atomic E-state index is 0.115. The lowest BCUT2D eigenvalue weighted by Gasteiger charge is -2.29. The molecule has 0 aliphatic carbocycles. The van der Waals surface area contributed by atoms with Gasteiger partial charge in [-0.05, 0) is 29.7 Å². The van der Waals surface area contributed by atoms with Gasteiger partial charge < -0.3 is 14.6 Å². The van der Waals surface area contributed by atoms with Crippen molar-refractivity contribution < 1.29 is 14.7 Å². The van der Waals surface area contributed by atoms with Gasteiger partial charge in [-0.25, -0.2) is 0 Å². The van der Waals surface area contributed by atoms with E-state index in [0.717, 1.165) is 12.0 Å². The van der Waals surface area contributed by atoms with Crippen molar-refractivity contribution in [3.8, 4) is 0 Å². The molecule has 1 aromatic heterocycles. The first kappa shape index (κ1) is 13.4. The first-order valence-electron chi connectivity index (χ1n) is 6.88. The molecule has 1 N–H and O–H groups in total. The topological polar surface area (TPSA) is 62.5 Å². The Labute approximate surface area is 122 Å². The van der Waals surface area contributed by atoms with Gasteiger partial charge in [0.25, 0.3) is 5.91 Å². The van der Waals surface area contributed by atoms with Gasteiger partial charge in [0.05, 0.1) is 0 Å². The van der Waals surface area contributed by atoms with Crippen molar-refractivity contribution in [3.05, 3.63) is 59.4 Å². The summed E-state index contributed by atoms with van der Waals surface area (Å²) in [5, 5.41) is 8.89. The highest BCUT2D eigenvalue weighted by Gasteiger charge is 2.23. The molecule has 0 bridgehead atoms. The molecule has 5 heteroatoms. The Bertz CT molecular complexity index is 690. The normalized spacial score (nSPS) is 13.8. The van der Waals surface area contributed by atoms with Crippen molar-refractivity contribution in [2.45, 2.75) is 19.5 Å². The summed E-state index contributed by atoms with van der Waals surface area (Å²) < 4.78 is 1.48. The summed E-state index contributed by atoms with van der Waals surface area (Å²) in [4.78, 5) is 25.2. The van der Waals surface area contributed by atoms with Gasteiger partial charge in [0.15, 0.2) is 0 Å². The van der Waals surface area contributed by atoms with Crippen LogP contribution in [-0.4, -0.2) is 33.0 Å². The number of carbonyl (C=O) groups is 2. The molecule has 0 spiro atoms. The van der Waals surface area contributed by atoms with Crippen molar-refractivity contribution in [2.24, 2.45) is 0 Å². The summed E-state index contributed by atoms with van der Waals surface area (Å²) in [5.74, 6) is -1.07. The lowest BCUT2D eigenvalue weighted by molar-refractivity contribution is -0.137. The summed E-state index contributed by atoms with van der Waals surface area (Å²) in [6, 6.07) is 11.5. The molecule has 0 saturated carbocycles. The highest BCUT2D eigenvalue weighted by atomic mass is 16.4. The fourth-order valence-electron chi connectivity index (χ4n) is 2.72. The fraction of sp³-hybridized carbons (Fsp3) is 0.250. The zero-order valence-corrected chi connectivity index (χ0v) is 11.5. The van der Waals surface area contributed by atoms with Gasteiger partial charge in [-0.2, -0.15) is 0 Å². The van der Waals surface area contributed by atoms with Crippen molar-refractivity contribution in [1.29, 1.82) is 0 Å². The fourth-order valence-corrected chi connectivity index (χ4v) is 2.72. The summed E-state index contributed by atoms with van der Waals surface area (Å²) in [5.41, 5.74) is 2.87. The van der Waals surface area contributed by atoms with Crippen LogP contribution in [0, 0.1) is 0 Å². The van der Waals surface area contributed by atoms with Crippen LogP contribution in [-0.2, 0) is 24.3 Å². The second-order valence-corrected chi connectivity index (χ2v) is 5.16. The molecule has 21 heavy (non-hydrogen) atoms. The number of amides is 1. The molecule has 1 aliphatic rings. The number of carbonyl (C=O) groups excluding carboxylic acids is 1. The van der Waals surface area contributed by atoms with Crippen LogP contribution in [0.25, 0.3) is 0 Å². The van der Waals surface area contributed by atoms with Crippen LogP contribution in [0.3, 0.4) is 0 Å². The third-order valence-electron chi connectivity index (χ3n) is 3.77. The van der Waals surface area contributed by atoms with Crippen molar-refractivity contribution >= 4 is 11.9 Å². The minimum atomic E-state index is -0.954. The number of carboxylic acids is 1. The lowest BCUT2D eigenvalue weighted by Crippen LogP contribution is -2.37. The van der Waals surface area contributed by atoms with Gasteiger partial charge in [0.2, 0.25) is 0 Å². The SMILES string of the molecule is O=C(O)Cn1cccc1C(=O)N1CCc2ccccc2C1. The third kappa shape index (κ3) is 2.67. The number of hydrogen-bond acceptors (Lipinski definition) is 2. The summed E-state index contributed by atoms with van der Waals surface area (Å²) >= 11 is 0. The smallest absolute Gasteiger partial charge is 0.323 e. The maximum absolute atomic E-state index is 12.6. The summed E-state index contributed by atoms with van der Waals surface area (Å²) in [7, 11) is 0. The van der Waals surface area contributed by atoms with E-state index in [2.05, 4.69) is 6.07 Å². The number of rotatable bonds is 3. The maximum atomic E-state index is 12.6. The Morgan fingerprint density at radius 3 is 2.62 bits per heavy atom. The minimum Gasteiger partial charge on any atom is -0.480 e. The van der Waals surface area contributed by atoms with E-state index in [1.807, 2.05) is 18.2 Å². The van der Waals surface area contributed by atoms with E-state index in [1.54, 1.807) is 23.2 Å². The van der Waals surface area contributed by atoms with Crippen molar-refractivity contribution in [1.82, 2.24) is 9.47 Å². The Balaban J connectivity index is 1.81. The van der Waals surface area contributed by atoms with Crippen LogP contribution in [0.2, 0.25) is 0 Å². The van der Waals surface area contributed by atoms with E-state index in [-0.39, 0.29) is 12.5 Å². The van der Waals surface area contributed by atoms with E-state index >= 15 is 0 Å². The molecule has 3 rings (SSSR count). The first-order chi connectivity index (χ1) is 10.1. The highest BCUT2D eigenvalue weighted by Crippen LogP contribution is 2.20. The number of hydrogen-bond donors (Lipinski definition) is 1. The van der Waals surface area contributed by atoms with E-state index in [0.29, 0.717) is 18.8 Å². The molecule has 5 nitrogen and oxygen atoms in total. The predicted octanol–water partition coefficient (Wildman–Crippen LogP) is 1.77. The molecule has 0 atom stereocenters. The van der Waals surface area contributed by atoms with Crippen LogP contribution in [0.1, 0.15) is 21.6 Å². The second kappa shape index (κ2) is 5.44. The second-order valence-electron chi connectivity index (χ2n) is 5.16. The summed E-state index contributed by atoms with van der Waals surface area (Å²) in [6.07, 6.45) is 2.46. The van der Waals surface area contributed by atoms with Crippen LogP contribution in [0.15, 0.2) is 42.6 Å². The van der Waals surface area contributed by atoms with Crippen LogP contribution < -0.4 is 0 Å². The summed E-state index contributed by atoms with van der Waals surface area (Å²) in [6.45, 7) is 1.04. The zero-order valence-electron chi connectivity index (χ0n) is 11.5. The molecule has 0 radical (unpaired) electrons. The number of benzene rings is 1. The molecule has 1 aliphatic heterocycles. The van der Waals surface area contributed by atoms with E-state index < -0.39 is 5.97 Å². The third-order valence-corrected chi connectivity index (χ3v) is 3.77. The lowest BCUT2D eigenvalue weighted by atomic mass is 10.00. The van der Waals surface area contributed by atoms with Gasteiger partial charge in [-0.3, -0.25) is 9.59 Å². The Hall–Kier alpha value is -2.56. The van der Waals surface area contributed by atoms with Crippen LogP contribution in [0.5, 0.6) is 0 Å². The van der Waals surface area contributed by atoms with Gasteiger partial charge >= 0.3 is 5.97 Å². The number of carboxylic acid groups (broad SMARTS) is 1. The molecule has 2 heterocycles.